The van der Waals surface area contributed by atoms with Crippen molar-refractivity contribution in [2.75, 3.05) is 0 Å². The van der Waals surface area contributed by atoms with Crippen LogP contribution in [0.1, 0.15) is 31.4 Å². The van der Waals surface area contributed by atoms with Crippen LogP contribution in [0.15, 0.2) is 18.2 Å². The maximum atomic E-state index is 11.7. The fraction of sp³-hybridized carbons (Fsp3) is 0.462. The number of hydrogen-bond donors (Lipinski definition) is 0. The molecule has 0 fully saturated rings. The first-order chi connectivity index (χ1) is 7.91. The van der Waals surface area contributed by atoms with Crippen molar-refractivity contribution in [2.45, 2.75) is 33.6 Å². The Labute approximate surface area is 101 Å². The molecule has 0 N–H and O–H groups in total. The normalized spacial score (nSPS) is 10.6. The van der Waals surface area contributed by atoms with Crippen molar-refractivity contribution in [3.05, 3.63) is 39.4 Å². The van der Waals surface area contributed by atoms with Gasteiger partial charge < -0.3 is 0 Å². The van der Waals surface area contributed by atoms with Gasteiger partial charge in [-0.1, -0.05) is 26.0 Å². The van der Waals surface area contributed by atoms with Crippen molar-refractivity contribution in [3.8, 4) is 0 Å². The number of nitro benzene ring substituents is 1. The second kappa shape index (κ2) is 5.57. The molecule has 1 aromatic carbocycles. The van der Waals surface area contributed by atoms with Crippen LogP contribution in [-0.4, -0.2) is 10.7 Å². The minimum atomic E-state index is -0.426. The maximum absolute atomic E-state index is 11.7. The summed E-state index contributed by atoms with van der Waals surface area (Å²) in [5, 5.41) is 10.9. The van der Waals surface area contributed by atoms with Gasteiger partial charge in [-0.3, -0.25) is 14.9 Å². The number of hydrogen-bond acceptors (Lipinski definition) is 3. The van der Waals surface area contributed by atoms with Gasteiger partial charge in [0.15, 0.2) is 0 Å². The van der Waals surface area contributed by atoms with Crippen LogP contribution in [0, 0.1) is 23.0 Å². The standard InChI is InChI=1S/C13H17NO3/c1-9(2)7-11(15)8-12-10(3)5-4-6-13(12)14(16)17/h4-6,9H,7-8H2,1-3H3. The molecule has 0 bridgehead atoms. The first kappa shape index (κ1) is 13.4. The van der Waals surface area contributed by atoms with Gasteiger partial charge in [-0.25, -0.2) is 0 Å². The molecule has 0 aliphatic carbocycles. The molecule has 4 nitrogen and oxygen atoms in total. The highest BCUT2D eigenvalue weighted by atomic mass is 16.6. The zero-order chi connectivity index (χ0) is 13.0. The summed E-state index contributed by atoms with van der Waals surface area (Å²) in [6, 6.07) is 4.89. The van der Waals surface area contributed by atoms with Gasteiger partial charge in [0.25, 0.3) is 5.69 Å². The van der Waals surface area contributed by atoms with E-state index in [0.29, 0.717) is 12.0 Å². The highest BCUT2D eigenvalue weighted by Gasteiger charge is 2.18. The van der Waals surface area contributed by atoms with Crippen LogP contribution in [0.3, 0.4) is 0 Å². The molecule has 0 heterocycles. The average molecular weight is 235 g/mol. The van der Waals surface area contributed by atoms with Gasteiger partial charge in [-0.15, -0.1) is 0 Å². The van der Waals surface area contributed by atoms with E-state index in [0.717, 1.165) is 5.56 Å². The van der Waals surface area contributed by atoms with E-state index in [1.165, 1.54) is 6.07 Å². The van der Waals surface area contributed by atoms with E-state index >= 15 is 0 Å². The molecular formula is C13H17NO3. The Morgan fingerprint density at radius 1 is 1.41 bits per heavy atom. The Hall–Kier alpha value is -1.71. The van der Waals surface area contributed by atoms with Crippen molar-refractivity contribution in [1.29, 1.82) is 0 Å². The number of benzene rings is 1. The number of carbonyl (C=O) groups is 1. The minimum absolute atomic E-state index is 0.0436. The molecule has 0 amide bonds. The van der Waals surface area contributed by atoms with Crippen LogP contribution in [0.2, 0.25) is 0 Å². The number of nitro groups is 1. The summed E-state index contributed by atoms with van der Waals surface area (Å²) >= 11 is 0. The third-order valence-corrected chi connectivity index (χ3v) is 2.59. The van der Waals surface area contributed by atoms with Crippen LogP contribution in [-0.2, 0) is 11.2 Å². The van der Waals surface area contributed by atoms with Crippen LogP contribution < -0.4 is 0 Å². The summed E-state index contributed by atoms with van der Waals surface area (Å²) in [5.74, 6) is 0.336. The van der Waals surface area contributed by atoms with Gasteiger partial charge >= 0.3 is 0 Å². The zero-order valence-corrected chi connectivity index (χ0v) is 10.4. The quantitative estimate of drug-likeness (QED) is 0.582. The van der Waals surface area contributed by atoms with Gasteiger partial charge in [0.05, 0.1) is 4.92 Å². The largest absolute Gasteiger partial charge is 0.299 e. The number of carbonyl (C=O) groups excluding carboxylic acids is 1. The molecule has 0 unspecified atom stereocenters. The molecule has 0 radical (unpaired) electrons. The summed E-state index contributed by atoms with van der Waals surface area (Å²) in [5.41, 5.74) is 1.39. The number of nitrogens with zero attached hydrogens (tertiary/aromatic N) is 1. The van der Waals surface area contributed by atoms with E-state index in [2.05, 4.69) is 0 Å². The summed E-state index contributed by atoms with van der Waals surface area (Å²) in [6.45, 7) is 5.72. The smallest absolute Gasteiger partial charge is 0.273 e. The molecule has 0 spiro atoms. The van der Waals surface area contributed by atoms with Crippen molar-refractivity contribution in [2.24, 2.45) is 5.92 Å². The van der Waals surface area contributed by atoms with Crippen molar-refractivity contribution < 1.29 is 9.72 Å². The number of ketones is 1. The molecule has 1 rings (SSSR count). The van der Waals surface area contributed by atoms with E-state index in [1.54, 1.807) is 19.1 Å². The molecule has 0 saturated heterocycles. The summed E-state index contributed by atoms with van der Waals surface area (Å²) < 4.78 is 0. The van der Waals surface area contributed by atoms with E-state index in [1.807, 2.05) is 13.8 Å². The molecular weight excluding hydrogens is 218 g/mol. The lowest BCUT2D eigenvalue weighted by Gasteiger charge is -2.07. The van der Waals surface area contributed by atoms with Crippen LogP contribution in [0.5, 0.6) is 0 Å². The Morgan fingerprint density at radius 2 is 2.06 bits per heavy atom. The van der Waals surface area contributed by atoms with Crippen LogP contribution in [0.4, 0.5) is 5.69 Å². The van der Waals surface area contributed by atoms with E-state index in [-0.39, 0.29) is 23.8 Å². The second-order valence-corrected chi connectivity index (χ2v) is 4.64. The van der Waals surface area contributed by atoms with E-state index in [4.69, 9.17) is 0 Å². The first-order valence-electron chi connectivity index (χ1n) is 5.66. The van der Waals surface area contributed by atoms with Crippen molar-refractivity contribution >= 4 is 11.5 Å². The average Bonchev–Trinajstić information content (AvgIpc) is 2.19. The molecule has 0 aliphatic heterocycles. The predicted molar refractivity (Wildman–Crippen MR) is 66.0 cm³/mol. The second-order valence-electron chi connectivity index (χ2n) is 4.64. The lowest BCUT2D eigenvalue weighted by Crippen LogP contribution is -2.09. The van der Waals surface area contributed by atoms with Gasteiger partial charge in [0, 0.05) is 24.5 Å². The Kier molecular flexibility index (Phi) is 4.37. The summed E-state index contributed by atoms with van der Waals surface area (Å²) in [6.07, 6.45) is 0.618. The molecule has 4 heteroatoms. The Balaban J connectivity index is 2.97. The summed E-state index contributed by atoms with van der Waals surface area (Å²) in [7, 11) is 0. The van der Waals surface area contributed by atoms with Crippen molar-refractivity contribution in [1.82, 2.24) is 0 Å². The third-order valence-electron chi connectivity index (χ3n) is 2.59. The van der Waals surface area contributed by atoms with Gasteiger partial charge in [0.2, 0.25) is 0 Å². The fourth-order valence-electron chi connectivity index (χ4n) is 1.81. The predicted octanol–water partition coefficient (Wildman–Crippen LogP) is 3.06. The first-order valence-corrected chi connectivity index (χ1v) is 5.66. The molecule has 0 saturated carbocycles. The topological polar surface area (TPSA) is 60.2 Å². The maximum Gasteiger partial charge on any atom is 0.273 e. The van der Waals surface area contributed by atoms with E-state index in [9.17, 15) is 14.9 Å². The molecule has 92 valence electrons. The lowest BCUT2D eigenvalue weighted by atomic mass is 9.97. The lowest BCUT2D eigenvalue weighted by molar-refractivity contribution is -0.385. The molecule has 0 aliphatic rings. The highest BCUT2D eigenvalue weighted by Crippen LogP contribution is 2.23. The summed E-state index contributed by atoms with van der Waals surface area (Å²) in [4.78, 5) is 22.2. The Bertz CT molecular complexity index is 438. The highest BCUT2D eigenvalue weighted by molar-refractivity contribution is 5.82. The number of rotatable bonds is 5. The molecule has 17 heavy (non-hydrogen) atoms. The SMILES string of the molecule is Cc1cccc([N+](=O)[O-])c1CC(=O)CC(C)C. The monoisotopic (exact) mass is 235 g/mol. The van der Waals surface area contributed by atoms with E-state index < -0.39 is 4.92 Å². The molecule has 0 atom stereocenters. The van der Waals surface area contributed by atoms with Crippen LogP contribution in [0.25, 0.3) is 0 Å². The zero-order valence-electron chi connectivity index (χ0n) is 10.4. The fourth-order valence-corrected chi connectivity index (χ4v) is 1.81. The van der Waals surface area contributed by atoms with Gasteiger partial charge in [-0.05, 0) is 18.4 Å². The Morgan fingerprint density at radius 3 is 2.59 bits per heavy atom. The van der Waals surface area contributed by atoms with Crippen LogP contribution >= 0.6 is 0 Å². The van der Waals surface area contributed by atoms with Gasteiger partial charge in [0.1, 0.15) is 5.78 Å². The molecule has 1 aromatic rings. The number of Topliss-reactive ketones (excluding diaryl/α,β-unsaturated/α-hetero) is 1. The minimum Gasteiger partial charge on any atom is -0.299 e. The van der Waals surface area contributed by atoms with Gasteiger partial charge in [-0.2, -0.15) is 0 Å². The third kappa shape index (κ3) is 3.66. The van der Waals surface area contributed by atoms with Crippen molar-refractivity contribution in [3.63, 3.8) is 0 Å². The molecule has 0 aromatic heterocycles. The number of aryl methyl sites for hydroxylation is 1.